The number of aryl methyl sites for hydroxylation is 1. The molecule has 0 spiro atoms. The van der Waals surface area contributed by atoms with Crippen molar-refractivity contribution in [1.82, 2.24) is 0 Å². The summed E-state index contributed by atoms with van der Waals surface area (Å²) in [6.45, 7) is 34.8. The Kier molecular flexibility index (Phi) is 24.7. The summed E-state index contributed by atoms with van der Waals surface area (Å²) < 4.78 is 0. The molecule has 0 aliphatic heterocycles. The minimum absolute atomic E-state index is 0.328. The fraction of sp³-hybridized carbons (Fsp3) is 0.377. The van der Waals surface area contributed by atoms with Crippen molar-refractivity contribution in [3.05, 3.63) is 256 Å². The van der Waals surface area contributed by atoms with E-state index in [1.807, 2.05) is 0 Å². The molecule has 5 heteroatoms. The maximum Gasteiger partial charge on any atom is 0.0366 e. The highest BCUT2D eigenvalue weighted by molar-refractivity contribution is 5.54. The molecule has 0 amide bonds. The molecule has 8 aromatic rings. The van der Waals surface area contributed by atoms with Gasteiger partial charge >= 0.3 is 0 Å². The van der Waals surface area contributed by atoms with Crippen LogP contribution in [0.1, 0.15) is 169 Å². The Labute approximate surface area is 497 Å². The van der Waals surface area contributed by atoms with E-state index in [-0.39, 0.29) is 0 Å². The Morgan fingerprint density at radius 1 is 0.207 bits per heavy atom. The van der Waals surface area contributed by atoms with E-state index in [1.165, 1.54) is 78.5 Å². The highest BCUT2D eigenvalue weighted by Crippen LogP contribution is 2.40. The first-order valence-corrected chi connectivity index (χ1v) is 31.5. The number of hydrogen-bond acceptors (Lipinski definition) is 5. The molecule has 0 saturated carbocycles. The predicted molar refractivity (Wildman–Crippen MR) is 360 cm³/mol. The molecule has 0 aromatic heterocycles. The van der Waals surface area contributed by atoms with Crippen LogP contribution in [0.2, 0.25) is 0 Å². The monoisotopic (exact) mass is 1090 g/mol. The topological polar surface area (TPSA) is 16.2 Å². The summed E-state index contributed by atoms with van der Waals surface area (Å²) in [5.74, 6) is 1.40. The van der Waals surface area contributed by atoms with Gasteiger partial charge in [-0.3, -0.25) is 0 Å². The molecule has 0 fully saturated rings. The first-order valence-electron chi connectivity index (χ1n) is 31.5. The number of hydrogen-bond donors (Lipinski definition) is 0. The lowest BCUT2D eigenvalue weighted by molar-refractivity contribution is 0.612. The fourth-order valence-electron chi connectivity index (χ4n) is 12.5. The second-order valence-corrected chi connectivity index (χ2v) is 21.9. The highest BCUT2D eigenvalue weighted by atomic mass is 15.1. The van der Waals surface area contributed by atoms with Crippen LogP contribution < -0.4 is 24.5 Å². The number of rotatable bonds is 29. The van der Waals surface area contributed by atoms with Crippen LogP contribution in [0.25, 0.3) is 0 Å². The second kappa shape index (κ2) is 32.4. The molecular weight excluding hydrogens is 995 g/mol. The molecule has 0 bridgehead atoms. The number of nitrogens with zero attached hydrogens (tertiary/aromatic N) is 5. The van der Waals surface area contributed by atoms with Gasteiger partial charge in [0.15, 0.2) is 0 Å². The number of anilines is 5. The summed E-state index contributed by atoms with van der Waals surface area (Å²) in [6, 6.07) is 78.1. The second-order valence-electron chi connectivity index (χ2n) is 21.9. The smallest absolute Gasteiger partial charge is 0.0366 e. The molecule has 0 heterocycles. The van der Waals surface area contributed by atoms with Gasteiger partial charge in [0.1, 0.15) is 0 Å². The highest BCUT2D eigenvalue weighted by Gasteiger charge is 2.23. The van der Waals surface area contributed by atoms with E-state index < -0.39 is 0 Å². The van der Waals surface area contributed by atoms with Crippen molar-refractivity contribution >= 4 is 28.4 Å². The van der Waals surface area contributed by atoms with Crippen LogP contribution in [0.3, 0.4) is 0 Å². The Bertz CT molecular complexity index is 2820. The lowest BCUT2D eigenvalue weighted by Gasteiger charge is -2.26. The van der Waals surface area contributed by atoms with E-state index >= 15 is 0 Å². The van der Waals surface area contributed by atoms with Crippen LogP contribution in [0.15, 0.2) is 206 Å². The third kappa shape index (κ3) is 16.5. The Balaban J connectivity index is 0.000000239. The minimum Gasteiger partial charge on any atom is -0.372 e. The van der Waals surface area contributed by atoms with Gasteiger partial charge in [-0.25, -0.2) is 0 Å². The normalized spacial score (nSPS) is 11.6. The molecule has 1 unspecified atom stereocenters. The van der Waals surface area contributed by atoms with Crippen molar-refractivity contribution in [2.75, 3.05) is 89.9 Å². The zero-order chi connectivity index (χ0) is 58.2. The van der Waals surface area contributed by atoms with E-state index in [0.29, 0.717) is 23.7 Å². The zero-order valence-electron chi connectivity index (χ0n) is 52.1. The van der Waals surface area contributed by atoms with Crippen LogP contribution in [-0.2, 0) is 0 Å². The van der Waals surface area contributed by atoms with E-state index in [1.54, 1.807) is 0 Å². The van der Waals surface area contributed by atoms with E-state index in [4.69, 9.17) is 0 Å². The molecule has 0 saturated heterocycles. The molecule has 1 atom stereocenters. The molecule has 0 radical (unpaired) electrons. The van der Waals surface area contributed by atoms with Gasteiger partial charge in [-0.1, -0.05) is 151 Å². The quantitative estimate of drug-likeness (QED) is 0.0463. The summed E-state index contributed by atoms with van der Waals surface area (Å²) in [6.07, 6.45) is 4.33. The summed E-state index contributed by atoms with van der Waals surface area (Å²) in [5.41, 5.74) is 19.0. The van der Waals surface area contributed by atoms with E-state index in [2.05, 4.69) is 307 Å². The SMILES string of the molecule is CCN(CC)c1ccc(C(CCC(c2ccc(N(CC)CC)cc2)c2ccc(N(CC)CC)cc2)c2ccc(C)cc2)cc1.CCN(CC)c1ccc(C(CCC(c2ccccc2)c2ccccc2)c2ccc(N(CC)CC)cc2)cc1. The van der Waals surface area contributed by atoms with Gasteiger partial charge < -0.3 is 24.5 Å². The summed E-state index contributed by atoms with van der Waals surface area (Å²) in [4.78, 5) is 12.1. The van der Waals surface area contributed by atoms with Gasteiger partial charge in [0, 0.05) is 118 Å². The molecular formula is C77H99N5. The van der Waals surface area contributed by atoms with Gasteiger partial charge in [0.25, 0.3) is 0 Å². The Hall–Kier alpha value is -7.24. The van der Waals surface area contributed by atoms with E-state index in [0.717, 1.165) is 91.1 Å². The van der Waals surface area contributed by atoms with Crippen LogP contribution in [0, 0.1) is 6.92 Å². The largest absolute Gasteiger partial charge is 0.372 e. The molecule has 0 aliphatic carbocycles. The van der Waals surface area contributed by atoms with Crippen molar-refractivity contribution in [3.63, 3.8) is 0 Å². The average Bonchev–Trinajstić information content (AvgIpc) is 3.72. The van der Waals surface area contributed by atoms with E-state index in [9.17, 15) is 0 Å². The van der Waals surface area contributed by atoms with Crippen molar-refractivity contribution in [2.24, 2.45) is 0 Å². The summed E-state index contributed by atoms with van der Waals surface area (Å²) in [5, 5.41) is 0. The van der Waals surface area contributed by atoms with Crippen LogP contribution in [0.5, 0.6) is 0 Å². The van der Waals surface area contributed by atoms with Crippen molar-refractivity contribution in [2.45, 2.75) is 126 Å². The third-order valence-corrected chi connectivity index (χ3v) is 17.5. The van der Waals surface area contributed by atoms with Gasteiger partial charge in [-0.2, -0.15) is 0 Å². The predicted octanol–water partition coefficient (Wildman–Crippen LogP) is 19.4. The molecule has 8 aromatic carbocycles. The Morgan fingerprint density at radius 3 is 0.537 bits per heavy atom. The van der Waals surface area contributed by atoms with Crippen molar-refractivity contribution in [1.29, 1.82) is 0 Å². The Morgan fingerprint density at radius 2 is 0.366 bits per heavy atom. The molecule has 0 N–H and O–H groups in total. The van der Waals surface area contributed by atoms with Gasteiger partial charge in [0.05, 0.1) is 0 Å². The van der Waals surface area contributed by atoms with Crippen molar-refractivity contribution < 1.29 is 0 Å². The molecule has 82 heavy (non-hydrogen) atoms. The van der Waals surface area contributed by atoms with Gasteiger partial charge in [-0.15, -0.1) is 0 Å². The molecule has 432 valence electrons. The lowest BCUT2D eigenvalue weighted by atomic mass is 9.80. The molecule has 5 nitrogen and oxygen atoms in total. The maximum absolute atomic E-state index is 2.42. The average molecular weight is 1090 g/mol. The molecule has 8 rings (SSSR count). The standard InChI is InChI=1S/C41H55N3.C36H44N2/c1-8-42(9-2)37-24-18-34(19-25-37)40(33-16-14-32(7)15-17-33)30-31-41(35-20-26-38(27-21-35)43(10-3)11-4)36-22-28-39(29-23-36)44(12-5)13-6;1-5-37(6-2)33-23-19-31(20-24-33)36(32-21-25-34(26-22-32)38(7-3)8-4)28-27-35(29-15-11-9-12-16-29)30-17-13-10-14-18-30/h14-29,40-41H,8-13,30-31H2,1-7H3;9-26,35-36H,5-8,27-28H2,1-4H3. The van der Waals surface area contributed by atoms with Crippen LogP contribution in [0.4, 0.5) is 28.4 Å². The number of benzene rings is 8. The van der Waals surface area contributed by atoms with Crippen molar-refractivity contribution in [3.8, 4) is 0 Å². The maximum atomic E-state index is 2.42. The fourth-order valence-corrected chi connectivity index (χ4v) is 12.5. The molecule has 0 aliphatic rings. The summed E-state index contributed by atoms with van der Waals surface area (Å²) >= 11 is 0. The third-order valence-electron chi connectivity index (χ3n) is 17.5. The van der Waals surface area contributed by atoms with Gasteiger partial charge in [0.2, 0.25) is 0 Å². The zero-order valence-corrected chi connectivity index (χ0v) is 52.1. The first-order chi connectivity index (χ1) is 40.1. The lowest BCUT2D eigenvalue weighted by Crippen LogP contribution is -2.22. The summed E-state index contributed by atoms with van der Waals surface area (Å²) in [7, 11) is 0. The first kappa shape index (κ1) is 62.4. The van der Waals surface area contributed by atoms with Gasteiger partial charge in [-0.05, 0) is 207 Å². The van der Waals surface area contributed by atoms with Crippen LogP contribution in [-0.4, -0.2) is 65.4 Å². The minimum atomic E-state index is 0.328. The van der Waals surface area contributed by atoms with Crippen LogP contribution >= 0.6 is 0 Å².